The van der Waals surface area contributed by atoms with Gasteiger partial charge >= 0.3 is 0 Å². The first kappa shape index (κ1) is 16.3. The number of hydrogen-bond donors (Lipinski definition) is 2. The number of amides is 1. The van der Waals surface area contributed by atoms with Crippen molar-refractivity contribution < 1.29 is 9.72 Å². The van der Waals surface area contributed by atoms with Crippen molar-refractivity contribution in [2.24, 2.45) is 0 Å². The molecule has 2 rings (SSSR count). The van der Waals surface area contributed by atoms with Gasteiger partial charge in [0.15, 0.2) is 0 Å². The average Bonchev–Trinajstić information content (AvgIpc) is 2.44. The van der Waals surface area contributed by atoms with Crippen LogP contribution in [0.3, 0.4) is 0 Å². The van der Waals surface area contributed by atoms with Gasteiger partial charge in [-0.05, 0) is 26.8 Å². The minimum absolute atomic E-state index is 0.0752. The first-order valence-corrected chi connectivity index (χ1v) is 6.90. The fourth-order valence-electron chi connectivity index (χ4n) is 2.27. The molecule has 1 aromatic heterocycles. The molecule has 8 nitrogen and oxygen atoms in total. The summed E-state index contributed by atoms with van der Waals surface area (Å²) in [5.74, 6) is 0.0408. The van der Waals surface area contributed by atoms with E-state index in [0.717, 1.165) is 0 Å². The number of aromatic nitrogens is 2. The molecule has 0 saturated heterocycles. The molecule has 2 N–H and O–H groups in total. The van der Waals surface area contributed by atoms with Gasteiger partial charge in [-0.2, -0.15) is 0 Å². The number of nitrogens with zero attached hydrogens (tertiary/aromatic N) is 2. The van der Waals surface area contributed by atoms with E-state index >= 15 is 0 Å². The molecule has 8 heteroatoms. The topological polar surface area (TPSA) is 118 Å². The summed E-state index contributed by atoms with van der Waals surface area (Å²) >= 11 is 0. The summed E-state index contributed by atoms with van der Waals surface area (Å²) in [7, 11) is 0. The number of carbonyl (C=O) groups excluding carboxylic acids is 1. The second-order valence-corrected chi connectivity index (χ2v) is 5.15. The normalized spacial score (nSPS) is 10.4. The zero-order valence-corrected chi connectivity index (χ0v) is 13.0. The molecular weight excluding hydrogens is 300 g/mol. The van der Waals surface area contributed by atoms with Crippen LogP contribution >= 0.6 is 0 Å². The highest BCUT2D eigenvalue weighted by atomic mass is 16.6. The van der Waals surface area contributed by atoms with Gasteiger partial charge in [-0.15, -0.1) is 0 Å². The Hall–Kier alpha value is -3.03. The molecule has 0 aliphatic heterocycles. The van der Waals surface area contributed by atoms with Crippen LogP contribution in [-0.2, 0) is 11.2 Å². The zero-order chi connectivity index (χ0) is 17.1. The van der Waals surface area contributed by atoms with E-state index in [1.54, 1.807) is 26.8 Å². The summed E-state index contributed by atoms with van der Waals surface area (Å²) in [4.78, 5) is 41.1. The Morgan fingerprint density at radius 3 is 2.65 bits per heavy atom. The third-order valence-electron chi connectivity index (χ3n) is 3.45. The van der Waals surface area contributed by atoms with Crippen LogP contribution in [0.2, 0.25) is 0 Å². The van der Waals surface area contributed by atoms with Crippen molar-refractivity contribution >= 4 is 17.3 Å². The molecule has 0 bridgehead atoms. The van der Waals surface area contributed by atoms with E-state index in [1.165, 1.54) is 12.1 Å². The van der Waals surface area contributed by atoms with Gasteiger partial charge in [-0.3, -0.25) is 19.7 Å². The highest BCUT2D eigenvalue weighted by Crippen LogP contribution is 2.25. The minimum atomic E-state index is -0.510. The van der Waals surface area contributed by atoms with Crippen molar-refractivity contribution in [3.05, 3.63) is 61.3 Å². The van der Waals surface area contributed by atoms with E-state index < -0.39 is 10.8 Å². The maximum Gasteiger partial charge on any atom is 0.274 e. The Kier molecular flexibility index (Phi) is 4.54. The number of anilines is 1. The summed E-state index contributed by atoms with van der Waals surface area (Å²) in [6.07, 6.45) is -0.156. The molecule has 1 heterocycles. The van der Waals surface area contributed by atoms with Crippen LogP contribution in [0.15, 0.2) is 23.0 Å². The number of nitro groups is 1. The SMILES string of the molecule is Cc1nc(C)c(CC(=O)Nc2cccc([N+](=O)[O-])c2C)c(=O)[nH]1. The second-order valence-electron chi connectivity index (χ2n) is 5.15. The van der Waals surface area contributed by atoms with Gasteiger partial charge in [-0.25, -0.2) is 4.98 Å². The van der Waals surface area contributed by atoms with Gasteiger partial charge in [0.1, 0.15) is 5.82 Å². The summed E-state index contributed by atoms with van der Waals surface area (Å²) in [5.41, 5.74) is 1.03. The molecule has 0 aliphatic carbocycles. The number of hydrogen-bond acceptors (Lipinski definition) is 5. The molecule has 23 heavy (non-hydrogen) atoms. The summed E-state index contributed by atoms with van der Waals surface area (Å²) in [5, 5.41) is 13.5. The number of nitrogens with one attached hydrogen (secondary N) is 2. The van der Waals surface area contributed by atoms with E-state index in [-0.39, 0.29) is 23.2 Å². The number of carbonyl (C=O) groups is 1. The molecule has 120 valence electrons. The highest BCUT2D eigenvalue weighted by Gasteiger charge is 2.16. The largest absolute Gasteiger partial charge is 0.325 e. The lowest BCUT2D eigenvalue weighted by Crippen LogP contribution is -2.24. The van der Waals surface area contributed by atoms with Crippen LogP contribution in [0.25, 0.3) is 0 Å². The van der Waals surface area contributed by atoms with Crippen LogP contribution in [0.1, 0.15) is 22.6 Å². The fourth-order valence-corrected chi connectivity index (χ4v) is 2.27. The number of H-pyrrole nitrogens is 1. The molecular formula is C15H16N4O4. The Balaban J connectivity index is 2.23. The molecule has 0 radical (unpaired) electrons. The summed E-state index contributed by atoms with van der Waals surface area (Å²) in [6.45, 7) is 4.87. The van der Waals surface area contributed by atoms with Crippen molar-refractivity contribution in [2.45, 2.75) is 27.2 Å². The van der Waals surface area contributed by atoms with Gasteiger partial charge in [-0.1, -0.05) is 6.07 Å². The molecule has 0 spiro atoms. The van der Waals surface area contributed by atoms with Crippen molar-refractivity contribution in [1.82, 2.24) is 9.97 Å². The number of nitro benzene ring substituents is 1. The lowest BCUT2D eigenvalue weighted by Gasteiger charge is -2.09. The van der Waals surface area contributed by atoms with Crippen LogP contribution in [-0.4, -0.2) is 20.8 Å². The Morgan fingerprint density at radius 1 is 1.35 bits per heavy atom. The first-order chi connectivity index (χ1) is 10.8. The Labute approximate surface area is 131 Å². The maximum absolute atomic E-state index is 12.1. The van der Waals surface area contributed by atoms with Crippen LogP contribution in [0.4, 0.5) is 11.4 Å². The number of aromatic amines is 1. The molecule has 0 atom stereocenters. The lowest BCUT2D eigenvalue weighted by molar-refractivity contribution is -0.385. The Bertz CT molecular complexity index is 842. The Morgan fingerprint density at radius 2 is 2.04 bits per heavy atom. The first-order valence-electron chi connectivity index (χ1n) is 6.90. The number of aryl methyl sites for hydroxylation is 2. The van der Waals surface area contributed by atoms with E-state index in [0.29, 0.717) is 22.8 Å². The van der Waals surface area contributed by atoms with Crippen LogP contribution in [0, 0.1) is 30.9 Å². The van der Waals surface area contributed by atoms with Crippen molar-refractivity contribution in [2.75, 3.05) is 5.32 Å². The monoisotopic (exact) mass is 316 g/mol. The highest BCUT2D eigenvalue weighted by molar-refractivity contribution is 5.93. The van der Waals surface area contributed by atoms with E-state index in [2.05, 4.69) is 15.3 Å². The smallest absolute Gasteiger partial charge is 0.274 e. The van der Waals surface area contributed by atoms with Gasteiger partial charge in [0.2, 0.25) is 5.91 Å². The van der Waals surface area contributed by atoms with E-state index in [1.807, 2.05) is 0 Å². The predicted octanol–water partition coefficient (Wildman–Crippen LogP) is 1.78. The fraction of sp³-hybridized carbons (Fsp3) is 0.267. The van der Waals surface area contributed by atoms with E-state index in [9.17, 15) is 19.7 Å². The van der Waals surface area contributed by atoms with Gasteiger partial charge in [0.05, 0.1) is 22.6 Å². The molecule has 1 amide bonds. The van der Waals surface area contributed by atoms with Gasteiger partial charge in [0.25, 0.3) is 11.2 Å². The molecule has 0 fully saturated rings. The minimum Gasteiger partial charge on any atom is -0.325 e. The number of rotatable bonds is 4. The average molecular weight is 316 g/mol. The van der Waals surface area contributed by atoms with Gasteiger partial charge < -0.3 is 10.3 Å². The second kappa shape index (κ2) is 6.39. The molecule has 0 saturated carbocycles. The van der Waals surface area contributed by atoms with Gasteiger partial charge in [0, 0.05) is 17.3 Å². The van der Waals surface area contributed by atoms with Crippen molar-refractivity contribution in [1.29, 1.82) is 0 Å². The quantitative estimate of drug-likeness (QED) is 0.658. The molecule has 0 unspecified atom stereocenters. The van der Waals surface area contributed by atoms with Crippen molar-refractivity contribution in [3.63, 3.8) is 0 Å². The number of benzene rings is 1. The van der Waals surface area contributed by atoms with Crippen molar-refractivity contribution in [3.8, 4) is 0 Å². The summed E-state index contributed by atoms with van der Waals surface area (Å²) < 4.78 is 0. The van der Waals surface area contributed by atoms with Crippen LogP contribution < -0.4 is 10.9 Å². The lowest BCUT2D eigenvalue weighted by atomic mass is 10.1. The predicted molar refractivity (Wildman–Crippen MR) is 84.5 cm³/mol. The third kappa shape index (κ3) is 3.60. The molecule has 2 aromatic rings. The van der Waals surface area contributed by atoms with Crippen LogP contribution in [0.5, 0.6) is 0 Å². The summed E-state index contributed by atoms with van der Waals surface area (Å²) in [6, 6.07) is 4.43. The molecule has 1 aromatic carbocycles. The maximum atomic E-state index is 12.1. The third-order valence-corrected chi connectivity index (χ3v) is 3.45. The zero-order valence-electron chi connectivity index (χ0n) is 13.0. The standard InChI is InChI=1S/C15H16N4O4/c1-8-12(5-4-6-13(8)19(22)23)18-14(20)7-11-9(2)16-10(3)17-15(11)21/h4-6H,7H2,1-3H3,(H,18,20)(H,16,17,21). The molecule has 0 aliphatic rings. The van der Waals surface area contributed by atoms with E-state index in [4.69, 9.17) is 0 Å².